The van der Waals surface area contributed by atoms with Crippen LogP contribution in [-0.2, 0) is 6.42 Å². The summed E-state index contributed by atoms with van der Waals surface area (Å²) in [4.78, 5) is 0. The van der Waals surface area contributed by atoms with Crippen LogP contribution in [0.2, 0.25) is 5.02 Å². The fraction of sp³-hybridized carbons (Fsp3) is 0.250. The quantitative estimate of drug-likeness (QED) is 0.664. The lowest BCUT2D eigenvalue weighted by molar-refractivity contribution is 0.774. The first kappa shape index (κ1) is 13.6. The van der Waals surface area contributed by atoms with Crippen LogP contribution in [0.1, 0.15) is 22.6 Å². The van der Waals surface area contributed by atoms with Gasteiger partial charge in [-0.3, -0.25) is 0 Å². The zero-order valence-electron chi connectivity index (χ0n) is 10.4. The predicted octanol–water partition coefficient (Wildman–Crippen LogP) is 5.37. The highest BCUT2D eigenvalue weighted by Gasteiger charge is 2.11. The van der Waals surface area contributed by atoms with Gasteiger partial charge < -0.3 is 0 Å². The summed E-state index contributed by atoms with van der Waals surface area (Å²) in [5, 5.41) is 1.77. The highest BCUT2D eigenvalue weighted by atomic mass is 79.9. The second-order valence-corrected chi connectivity index (χ2v) is 5.68. The highest BCUT2D eigenvalue weighted by Crippen LogP contribution is 2.24. The Morgan fingerprint density at radius 1 is 1.11 bits per heavy atom. The summed E-state index contributed by atoms with van der Waals surface area (Å²) in [6.45, 7) is 2.14. The van der Waals surface area contributed by atoms with Crippen LogP contribution in [0.25, 0.3) is 0 Å². The van der Waals surface area contributed by atoms with E-state index in [1.165, 1.54) is 16.7 Å². The van der Waals surface area contributed by atoms with E-state index in [4.69, 9.17) is 11.6 Å². The summed E-state index contributed by atoms with van der Waals surface area (Å²) in [7, 11) is 0. The molecule has 0 amide bonds. The van der Waals surface area contributed by atoms with Crippen molar-refractivity contribution >= 4 is 27.5 Å². The Morgan fingerprint density at radius 2 is 1.83 bits per heavy atom. The number of rotatable bonds is 4. The molecule has 0 bridgehead atoms. The highest BCUT2D eigenvalue weighted by molar-refractivity contribution is 9.09. The molecule has 0 spiro atoms. The molecule has 0 radical (unpaired) electrons. The van der Waals surface area contributed by atoms with E-state index in [1.807, 2.05) is 12.1 Å². The molecule has 0 N–H and O–H groups in total. The molecule has 2 rings (SSSR count). The second-order valence-electron chi connectivity index (χ2n) is 4.60. The van der Waals surface area contributed by atoms with Crippen molar-refractivity contribution in [3.63, 3.8) is 0 Å². The molecular formula is C16H16BrCl. The summed E-state index contributed by atoms with van der Waals surface area (Å²) in [5.41, 5.74) is 4.03. The van der Waals surface area contributed by atoms with E-state index in [9.17, 15) is 0 Å². The smallest absolute Gasteiger partial charge is 0.0406 e. The maximum absolute atomic E-state index is 5.91. The third-order valence-electron chi connectivity index (χ3n) is 3.10. The Balaban J connectivity index is 2.17. The first-order valence-electron chi connectivity index (χ1n) is 6.06. The molecule has 2 aromatic carbocycles. The van der Waals surface area contributed by atoms with Gasteiger partial charge in [-0.05, 0) is 42.5 Å². The van der Waals surface area contributed by atoms with Gasteiger partial charge in [0.05, 0.1) is 0 Å². The Hall–Kier alpha value is -0.790. The van der Waals surface area contributed by atoms with E-state index in [1.54, 1.807) is 0 Å². The molecule has 2 heteroatoms. The summed E-state index contributed by atoms with van der Waals surface area (Å²) in [5.74, 6) is 0.506. The average molecular weight is 324 g/mol. The van der Waals surface area contributed by atoms with E-state index in [0.717, 1.165) is 16.8 Å². The van der Waals surface area contributed by atoms with Gasteiger partial charge in [0.2, 0.25) is 0 Å². The molecule has 0 aliphatic rings. The minimum atomic E-state index is 0.506. The van der Waals surface area contributed by atoms with Crippen molar-refractivity contribution in [3.8, 4) is 0 Å². The minimum absolute atomic E-state index is 0.506. The van der Waals surface area contributed by atoms with Gasteiger partial charge in [-0.2, -0.15) is 0 Å². The van der Waals surface area contributed by atoms with Crippen LogP contribution in [0, 0.1) is 6.92 Å². The standard InChI is InChI=1S/C16H16BrCl/c1-12-3-2-4-14(9-12)15(11-17)10-13-5-7-16(18)8-6-13/h2-9,15H,10-11H2,1H3. The molecule has 0 aliphatic heterocycles. The van der Waals surface area contributed by atoms with Gasteiger partial charge in [0.1, 0.15) is 0 Å². The molecule has 18 heavy (non-hydrogen) atoms. The predicted molar refractivity (Wildman–Crippen MR) is 82.9 cm³/mol. The van der Waals surface area contributed by atoms with Gasteiger partial charge in [-0.25, -0.2) is 0 Å². The third kappa shape index (κ3) is 3.60. The normalized spacial score (nSPS) is 12.4. The van der Waals surface area contributed by atoms with Crippen LogP contribution in [0.4, 0.5) is 0 Å². The molecule has 0 saturated heterocycles. The van der Waals surface area contributed by atoms with E-state index >= 15 is 0 Å². The van der Waals surface area contributed by atoms with Crippen LogP contribution < -0.4 is 0 Å². The maximum atomic E-state index is 5.91. The van der Waals surface area contributed by atoms with Crippen molar-refractivity contribution in [2.45, 2.75) is 19.3 Å². The summed E-state index contributed by atoms with van der Waals surface area (Å²) in [6, 6.07) is 16.9. The maximum Gasteiger partial charge on any atom is 0.0406 e. The van der Waals surface area contributed by atoms with E-state index in [0.29, 0.717) is 5.92 Å². The van der Waals surface area contributed by atoms with Gasteiger partial charge >= 0.3 is 0 Å². The van der Waals surface area contributed by atoms with E-state index < -0.39 is 0 Å². The second kappa shape index (κ2) is 6.40. The summed E-state index contributed by atoms with van der Waals surface area (Å²) in [6.07, 6.45) is 1.03. The molecule has 0 nitrogen and oxygen atoms in total. The lowest BCUT2D eigenvalue weighted by Gasteiger charge is -2.15. The molecule has 0 heterocycles. The van der Waals surface area contributed by atoms with Gasteiger partial charge in [0.15, 0.2) is 0 Å². The fourth-order valence-electron chi connectivity index (χ4n) is 2.09. The van der Waals surface area contributed by atoms with Crippen molar-refractivity contribution < 1.29 is 0 Å². The fourth-order valence-corrected chi connectivity index (χ4v) is 2.82. The van der Waals surface area contributed by atoms with Crippen LogP contribution in [0.15, 0.2) is 48.5 Å². The van der Waals surface area contributed by atoms with Crippen LogP contribution >= 0.6 is 27.5 Å². The van der Waals surface area contributed by atoms with Crippen molar-refractivity contribution in [2.24, 2.45) is 0 Å². The Labute approximate surface area is 122 Å². The Morgan fingerprint density at radius 3 is 2.44 bits per heavy atom. The number of alkyl halides is 1. The van der Waals surface area contributed by atoms with Gasteiger partial charge in [-0.1, -0.05) is 69.5 Å². The molecule has 0 saturated carbocycles. The van der Waals surface area contributed by atoms with Crippen molar-refractivity contribution in [2.75, 3.05) is 5.33 Å². The molecule has 0 aromatic heterocycles. The van der Waals surface area contributed by atoms with Gasteiger partial charge in [0, 0.05) is 10.4 Å². The van der Waals surface area contributed by atoms with Crippen molar-refractivity contribution in [1.29, 1.82) is 0 Å². The first-order valence-corrected chi connectivity index (χ1v) is 7.56. The molecule has 1 unspecified atom stereocenters. The van der Waals surface area contributed by atoms with E-state index in [-0.39, 0.29) is 0 Å². The number of halogens is 2. The van der Waals surface area contributed by atoms with Gasteiger partial charge in [-0.15, -0.1) is 0 Å². The van der Waals surface area contributed by atoms with E-state index in [2.05, 4.69) is 59.3 Å². The molecular weight excluding hydrogens is 308 g/mol. The van der Waals surface area contributed by atoms with Crippen molar-refractivity contribution in [3.05, 3.63) is 70.2 Å². The van der Waals surface area contributed by atoms with Crippen molar-refractivity contribution in [1.82, 2.24) is 0 Å². The lowest BCUT2D eigenvalue weighted by atomic mass is 9.93. The zero-order valence-corrected chi connectivity index (χ0v) is 12.7. The zero-order chi connectivity index (χ0) is 13.0. The van der Waals surface area contributed by atoms with Gasteiger partial charge in [0.25, 0.3) is 0 Å². The third-order valence-corrected chi connectivity index (χ3v) is 4.13. The molecule has 0 fully saturated rings. The monoisotopic (exact) mass is 322 g/mol. The number of hydrogen-bond donors (Lipinski definition) is 0. The average Bonchev–Trinajstić information content (AvgIpc) is 2.38. The number of hydrogen-bond acceptors (Lipinski definition) is 0. The molecule has 0 aliphatic carbocycles. The summed E-state index contributed by atoms with van der Waals surface area (Å²) < 4.78 is 0. The Kier molecular flexibility index (Phi) is 4.85. The minimum Gasteiger partial charge on any atom is -0.0921 e. The van der Waals surface area contributed by atoms with Crippen LogP contribution in [-0.4, -0.2) is 5.33 Å². The SMILES string of the molecule is Cc1cccc(C(CBr)Cc2ccc(Cl)cc2)c1. The Bertz CT molecular complexity index is 505. The number of benzene rings is 2. The molecule has 1 atom stereocenters. The topological polar surface area (TPSA) is 0 Å². The van der Waals surface area contributed by atoms with Crippen LogP contribution in [0.5, 0.6) is 0 Å². The van der Waals surface area contributed by atoms with Crippen LogP contribution in [0.3, 0.4) is 0 Å². The lowest BCUT2D eigenvalue weighted by Crippen LogP contribution is -2.04. The molecule has 2 aromatic rings. The number of aryl methyl sites for hydroxylation is 1. The summed E-state index contributed by atoms with van der Waals surface area (Å²) >= 11 is 9.53. The largest absolute Gasteiger partial charge is 0.0921 e. The first-order chi connectivity index (χ1) is 8.69. The molecule has 94 valence electrons.